The van der Waals surface area contributed by atoms with Crippen LogP contribution in [-0.4, -0.2) is 29.8 Å². The molecule has 0 spiro atoms. The molecule has 0 aliphatic carbocycles. The molecule has 0 saturated carbocycles. The molecule has 1 heterocycles. The van der Waals surface area contributed by atoms with Crippen LogP contribution in [0.15, 0.2) is 24.4 Å². The Morgan fingerprint density at radius 3 is 1.85 bits per heavy atom. The first-order valence-corrected chi connectivity index (χ1v) is 4.89. The van der Waals surface area contributed by atoms with Crippen LogP contribution in [0.3, 0.4) is 0 Å². The predicted octanol–water partition coefficient (Wildman–Crippen LogP) is 0.992. The van der Waals surface area contributed by atoms with Crippen molar-refractivity contribution >= 4 is 17.2 Å². The molecule has 102 valence electrons. The van der Waals surface area contributed by atoms with Gasteiger partial charge in [-0.1, -0.05) is 0 Å². The molecule has 1 aromatic heterocycles. The monoisotopic (exact) mass is 280 g/mol. The second-order valence-electron chi connectivity index (χ2n) is 3.50. The molecule has 0 saturated heterocycles. The molecule has 0 aliphatic rings. The molecular formula is C8H4N6O6. The molecule has 0 radical (unpaired) electrons. The highest BCUT2D eigenvalue weighted by Gasteiger charge is 2.20. The summed E-state index contributed by atoms with van der Waals surface area (Å²) in [6, 6.07) is 2.76. The van der Waals surface area contributed by atoms with E-state index in [4.69, 9.17) is 0 Å². The molecule has 0 atom stereocenters. The van der Waals surface area contributed by atoms with E-state index < -0.39 is 32.0 Å². The number of non-ortho nitro benzene ring substituents is 2. The summed E-state index contributed by atoms with van der Waals surface area (Å²) < 4.78 is 0.845. The van der Waals surface area contributed by atoms with E-state index in [0.717, 1.165) is 29.1 Å². The molecule has 12 nitrogen and oxygen atoms in total. The maximum atomic E-state index is 10.7. The van der Waals surface area contributed by atoms with Crippen LogP contribution in [0.1, 0.15) is 0 Å². The van der Waals surface area contributed by atoms with E-state index in [0.29, 0.717) is 0 Å². The number of nitro benzene ring substituents is 2. The van der Waals surface area contributed by atoms with E-state index in [2.05, 4.69) is 10.3 Å². The summed E-state index contributed by atoms with van der Waals surface area (Å²) in [5.41, 5.74) is -1.15. The van der Waals surface area contributed by atoms with E-state index in [1.807, 2.05) is 0 Å². The zero-order valence-electron chi connectivity index (χ0n) is 9.44. The van der Waals surface area contributed by atoms with E-state index >= 15 is 0 Å². The van der Waals surface area contributed by atoms with Crippen LogP contribution >= 0.6 is 0 Å². The highest BCUT2D eigenvalue weighted by molar-refractivity contribution is 5.52. The Kier molecular flexibility index (Phi) is 3.04. The maximum Gasteiger partial charge on any atom is 0.410 e. The molecule has 0 aliphatic heterocycles. The van der Waals surface area contributed by atoms with Crippen LogP contribution in [0, 0.1) is 30.3 Å². The summed E-state index contributed by atoms with van der Waals surface area (Å²) in [6.07, 6.45) is 0.892. The third-order valence-corrected chi connectivity index (χ3v) is 2.24. The fraction of sp³-hybridized carbons (Fsp3) is 0. The third-order valence-electron chi connectivity index (χ3n) is 2.24. The lowest BCUT2D eigenvalue weighted by molar-refractivity contribution is -0.394. The first-order chi connectivity index (χ1) is 9.38. The van der Waals surface area contributed by atoms with Gasteiger partial charge in [0.15, 0.2) is 0 Å². The lowest BCUT2D eigenvalue weighted by Gasteiger charge is -1.99. The summed E-state index contributed by atoms with van der Waals surface area (Å²) in [6.45, 7) is 0. The molecule has 2 aromatic rings. The minimum absolute atomic E-state index is 0.0773. The topological polar surface area (TPSA) is 160 Å². The SMILES string of the molecule is O=[N+]([O-])c1cc(-n2cc([N+](=O)[O-])nn2)cc([N+](=O)[O-])c1. The molecule has 0 unspecified atom stereocenters. The van der Waals surface area contributed by atoms with Gasteiger partial charge in [0.2, 0.25) is 0 Å². The van der Waals surface area contributed by atoms with E-state index in [9.17, 15) is 30.3 Å². The van der Waals surface area contributed by atoms with Gasteiger partial charge in [0.1, 0.15) is 11.3 Å². The van der Waals surface area contributed by atoms with Gasteiger partial charge < -0.3 is 10.1 Å². The highest BCUT2D eigenvalue weighted by atomic mass is 16.6. The Morgan fingerprint density at radius 1 is 0.900 bits per heavy atom. The van der Waals surface area contributed by atoms with Crippen molar-refractivity contribution in [1.82, 2.24) is 15.0 Å². The Labute approximate surface area is 108 Å². The fourth-order valence-corrected chi connectivity index (χ4v) is 1.39. The van der Waals surface area contributed by atoms with Gasteiger partial charge >= 0.3 is 5.82 Å². The molecule has 2 rings (SSSR count). The van der Waals surface area contributed by atoms with E-state index in [-0.39, 0.29) is 5.69 Å². The van der Waals surface area contributed by atoms with E-state index in [1.54, 1.807) is 0 Å². The summed E-state index contributed by atoms with van der Waals surface area (Å²) >= 11 is 0. The molecule has 0 fully saturated rings. The highest BCUT2D eigenvalue weighted by Crippen LogP contribution is 2.25. The Bertz CT molecular complexity index is 692. The van der Waals surface area contributed by atoms with Crippen LogP contribution in [0.4, 0.5) is 17.2 Å². The van der Waals surface area contributed by atoms with Gasteiger partial charge in [0.05, 0.1) is 26.8 Å². The van der Waals surface area contributed by atoms with Gasteiger partial charge in [-0.25, -0.2) is 0 Å². The van der Waals surface area contributed by atoms with Gasteiger partial charge in [-0.15, -0.1) is 0 Å². The molecule has 0 N–H and O–H groups in total. The average Bonchev–Trinajstić information content (AvgIpc) is 2.87. The minimum Gasteiger partial charge on any atom is -0.358 e. The fourth-order valence-electron chi connectivity index (χ4n) is 1.39. The Hall–Kier alpha value is -3.44. The van der Waals surface area contributed by atoms with Crippen molar-refractivity contribution < 1.29 is 14.8 Å². The zero-order valence-corrected chi connectivity index (χ0v) is 9.44. The summed E-state index contributed by atoms with van der Waals surface area (Å²) in [5.74, 6) is -0.584. The third kappa shape index (κ3) is 2.38. The van der Waals surface area contributed by atoms with Gasteiger partial charge in [0, 0.05) is 12.1 Å². The van der Waals surface area contributed by atoms with Gasteiger partial charge in [-0.3, -0.25) is 20.2 Å². The predicted molar refractivity (Wildman–Crippen MR) is 61.3 cm³/mol. The lowest BCUT2D eigenvalue weighted by Crippen LogP contribution is -1.99. The Balaban J connectivity index is 2.57. The summed E-state index contributed by atoms with van der Waals surface area (Å²) in [4.78, 5) is 29.4. The Morgan fingerprint density at radius 2 is 1.45 bits per heavy atom. The van der Waals surface area contributed by atoms with Crippen LogP contribution < -0.4 is 0 Å². The summed E-state index contributed by atoms with van der Waals surface area (Å²) in [7, 11) is 0. The number of benzene rings is 1. The number of aromatic nitrogens is 3. The van der Waals surface area contributed by atoms with Crippen LogP contribution in [0.5, 0.6) is 0 Å². The van der Waals surface area contributed by atoms with Crippen molar-refractivity contribution in [2.75, 3.05) is 0 Å². The van der Waals surface area contributed by atoms with Crippen molar-refractivity contribution in [3.63, 3.8) is 0 Å². The van der Waals surface area contributed by atoms with Crippen molar-refractivity contribution in [3.8, 4) is 5.69 Å². The van der Waals surface area contributed by atoms with Crippen molar-refractivity contribution in [2.45, 2.75) is 0 Å². The van der Waals surface area contributed by atoms with Crippen LogP contribution in [-0.2, 0) is 0 Å². The average molecular weight is 280 g/mol. The molecule has 12 heteroatoms. The molecule has 1 aromatic carbocycles. The van der Waals surface area contributed by atoms with Crippen molar-refractivity contribution in [3.05, 3.63) is 54.7 Å². The van der Waals surface area contributed by atoms with Gasteiger partial charge in [-0.2, -0.15) is 4.68 Å². The minimum atomic E-state index is -0.818. The smallest absolute Gasteiger partial charge is 0.358 e. The van der Waals surface area contributed by atoms with Crippen molar-refractivity contribution in [2.24, 2.45) is 0 Å². The lowest BCUT2D eigenvalue weighted by atomic mass is 10.2. The normalized spacial score (nSPS) is 10.2. The van der Waals surface area contributed by atoms with Crippen LogP contribution in [0.2, 0.25) is 0 Å². The first-order valence-electron chi connectivity index (χ1n) is 4.89. The van der Waals surface area contributed by atoms with Gasteiger partial charge in [-0.05, 0) is 4.92 Å². The molecular weight excluding hydrogens is 276 g/mol. The largest absolute Gasteiger partial charge is 0.410 e. The summed E-state index contributed by atoms with van der Waals surface area (Å²) in [5, 5.41) is 38.5. The maximum absolute atomic E-state index is 10.7. The number of hydrogen-bond donors (Lipinski definition) is 0. The number of rotatable bonds is 4. The van der Waals surface area contributed by atoms with Crippen LogP contribution in [0.25, 0.3) is 5.69 Å². The van der Waals surface area contributed by atoms with Gasteiger partial charge in [0.25, 0.3) is 11.4 Å². The van der Waals surface area contributed by atoms with E-state index in [1.165, 1.54) is 0 Å². The second kappa shape index (κ2) is 4.68. The standard InChI is InChI=1S/C8H4N6O6/c15-12(16)6-1-5(2-7(3-6)13(17)18)11-4-8(9-10-11)14(19)20/h1-4H. The first kappa shape index (κ1) is 13.0. The zero-order chi connectivity index (χ0) is 14.9. The molecule has 20 heavy (non-hydrogen) atoms. The second-order valence-corrected chi connectivity index (χ2v) is 3.50. The quantitative estimate of drug-likeness (QED) is 0.591. The number of hydrogen-bond acceptors (Lipinski definition) is 8. The molecule has 0 bridgehead atoms. The molecule has 0 amide bonds. The number of nitrogens with zero attached hydrogens (tertiary/aromatic N) is 6. The number of nitro groups is 3. The van der Waals surface area contributed by atoms with Crippen molar-refractivity contribution in [1.29, 1.82) is 0 Å².